The first-order chi connectivity index (χ1) is 8.99. The van der Waals surface area contributed by atoms with Gasteiger partial charge in [0.2, 0.25) is 11.6 Å². The highest BCUT2D eigenvalue weighted by molar-refractivity contribution is 6.52. The number of ketones is 2. The number of rotatable bonds is 3. The summed E-state index contributed by atoms with van der Waals surface area (Å²) in [5.41, 5.74) is 1.53. The Labute approximate surface area is 121 Å². The van der Waals surface area contributed by atoms with E-state index in [9.17, 15) is 9.59 Å². The molecule has 0 aliphatic rings. The lowest BCUT2D eigenvalue weighted by Crippen LogP contribution is -2.14. The average Bonchev–Trinajstić information content (AvgIpc) is 2.38. The van der Waals surface area contributed by atoms with Crippen molar-refractivity contribution in [2.75, 3.05) is 0 Å². The van der Waals surface area contributed by atoms with Gasteiger partial charge in [0.15, 0.2) is 0 Å². The minimum atomic E-state index is -0.634. The molecular formula is C15H10Cl2O2. The molecule has 2 nitrogen and oxygen atoms in total. The van der Waals surface area contributed by atoms with Gasteiger partial charge in [0.25, 0.3) is 0 Å². The van der Waals surface area contributed by atoms with Crippen molar-refractivity contribution in [3.05, 3.63) is 69.2 Å². The predicted molar refractivity (Wildman–Crippen MR) is 76.3 cm³/mol. The smallest absolute Gasteiger partial charge is 0.235 e. The molecule has 0 fully saturated rings. The molecule has 0 radical (unpaired) electrons. The van der Waals surface area contributed by atoms with Crippen molar-refractivity contribution in [1.82, 2.24) is 0 Å². The largest absolute Gasteiger partial charge is 0.285 e. The van der Waals surface area contributed by atoms with E-state index in [0.29, 0.717) is 10.6 Å². The molecule has 0 unspecified atom stereocenters. The average molecular weight is 293 g/mol. The van der Waals surface area contributed by atoms with Crippen LogP contribution in [0.3, 0.4) is 0 Å². The monoisotopic (exact) mass is 292 g/mol. The van der Waals surface area contributed by atoms with Gasteiger partial charge in [-0.1, -0.05) is 53.0 Å². The van der Waals surface area contributed by atoms with Crippen LogP contribution in [0.2, 0.25) is 10.0 Å². The Hall–Kier alpha value is -1.64. The Balaban J connectivity index is 2.33. The second-order valence-electron chi connectivity index (χ2n) is 4.15. The lowest BCUT2D eigenvalue weighted by Gasteiger charge is -2.04. The van der Waals surface area contributed by atoms with Gasteiger partial charge >= 0.3 is 0 Å². The van der Waals surface area contributed by atoms with Gasteiger partial charge in [0.1, 0.15) is 0 Å². The molecule has 2 aromatic rings. The summed E-state index contributed by atoms with van der Waals surface area (Å²) in [6.45, 7) is 1.91. The molecule has 0 aliphatic heterocycles. The van der Waals surface area contributed by atoms with Gasteiger partial charge < -0.3 is 0 Å². The van der Waals surface area contributed by atoms with Crippen LogP contribution in [-0.4, -0.2) is 11.6 Å². The maximum atomic E-state index is 12.1. The fraction of sp³-hybridized carbons (Fsp3) is 0.0667. The number of benzene rings is 2. The molecule has 2 rings (SSSR count). The van der Waals surface area contributed by atoms with E-state index in [2.05, 4.69) is 0 Å². The van der Waals surface area contributed by atoms with Crippen LogP contribution in [0.25, 0.3) is 0 Å². The lowest BCUT2D eigenvalue weighted by molar-refractivity contribution is 0.0817. The first kappa shape index (κ1) is 13.8. The van der Waals surface area contributed by atoms with E-state index in [1.807, 2.05) is 6.92 Å². The topological polar surface area (TPSA) is 34.1 Å². The summed E-state index contributed by atoms with van der Waals surface area (Å²) in [6.07, 6.45) is 0. The van der Waals surface area contributed by atoms with Crippen molar-refractivity contribution in [3.8, 4) is 0 Å². The van der Waals surface area contributed by atoms with Crippen LogP contribution >= 0.6 is 23.2 Å². The van der Waals surface area contributed by atoms with Crippen LogP contribution in [0, 0.1) is 6.92 Å². The molecule has 0 heterocycles. The van der Waals surface area contributed by atoms with Crippen LogP contribution in [-0.2, 0) is 0 Å². The number of halogens is 2. The highest BCUT2D eigenvalue weighted by atomic mass is 35.5. The Morgan fingerprint density at radius 1 is 0.895 bits per heavy atom. The molecule has 0 spiro atoms. The van der Waals surface area contributed by atoms with Crippen molar-refractivity contribution in [2.45, 2.75) is 6.92 Å². The standard InChI is InChI=1S/C15H10Cl2O2/c1-9-2-4-10(5-3-9)14(18)15(19)12-7-6-11(16)8-13(12)17/h2-8H,1H3. The van der Waals surface area contributed by atoms with Crippen molar-refractivity contribution in [2.24, 2.45) is 0 Å². The maximum Gasteiger partial charge on any atom is 0.235 e. The van der Waals surface area contributed by atoms with Crippen molar-refractivity contribution in [1.29, 1.82) is 0 Å². The highest BCUT2D eigenvalue weighted by Gasteiger charge is 2.20. The number of hydrogen-bond donors (Lipinski definition) is 0. The van der Waals surface area contributed by atoms with Gasteiger partial charge in [0, 0.05) is 16.1 Å². The summed E-state index contributed by atoms with van der Waals surface area (Å²) in [6, 6.07) is 11.2. The molecule has 0 aliphatic carbocycles. The maximum absolute atomic E-state index is 12.1. The third-order valence-corrected chi connectivity index (χ3v) is 3.24. The predicted octanol–water partition coefficient (Wildman–Crippen LogP) is 4.37. The highest BCUT2D eigenvalue weighted by Crippen LogP contribution is 2.22. The zero-order valence-electron chi connectivity index (χ0n) is 10.1. The van der Waals surface area contributed by atoms with Gasteiger partial charge in [-0.3, -0.25) is 9.59 Å². The first-order valence-corrected chi connectivity index (χ1v) is 6.35. The quantitative estimate of drug-likeness (QED) is 0.622. The molecule has 2 aromatic carbocycles. The van der Waals surface area contributed by atoms with Gasteiger partial charge in [-0.15, -0.1) is 0 Å². The van der Waals surface area contributed by atoms with Gasteiger partial charge in [-0.25, -0.2) is 0 Å². The third-order valence-electron chi connectivity index (χ3n) is 2.70. The molecular weight excluding hydrogens is 283 g/mol. The van der Waals surface area contributed by atoms with E-state index in [1.54, 1.807) is 24.3 Å². The molecule has 0 bridgehead atoms. The summed E-state index contributed by atoms with van der Waals surface area (Å²) in [7, 11) is 0. The Kier molecular flexibility index (Phi) is 4.03. The fourth-order valence-electron chi connectivity index (χ4n) is 1.63. The number of hydrogen-bond acceptors (Lipinski definition) is 2. The zero-order chi connectivity index (χ0) is 14.0. The fourth-order valence-corrected chi connectivity index (χ4v) is 2.13. The van der Waals surface area contributed by atoms with Crippen molar-refractivity contribution >= 4 is 34.8 Å². The van der Waals surface area contributed by atoms with E-state index < -0.39 is 11.6 Å². The molecule has 0 N–H and O–H groups in total. The lowest BCUT2D eigenvalue weighted by atomic mass is 10.0. The van der Waals surface area contributed by atoms with Gasteiger partial charge in [-0.2, -0.15) is 0 Å². The number of Topliss-reactive ketones (excluding diaryl/α,β-unsaturated/α-hetero) is 2. The van der Waals surface area contributed by atoms with Crippen LogP contribution in [0.15, 0.2) is 42.5 Å². The summed E-state index contributed by atoms with van der Waals surface area (Å²) in [4.78, 5) is 24.1. The van der Waals surface area contributed by atoms with Crippen LogP contribution < -0.4 is 0 Å². The SMILES string of the molecule is Cc1ccc(C(=O)C(=O)c2ccc(Cl)cc2Cl)cc1. The molecule has 96 valence electrons. The van der Waals surface area contributed by atoms with Crippen molar-refractivity contribution < 1.29 is 9.59 Å². The van der Waals surface area contributed by atoms with Crippen LogP contribution in [0.5, 0.6) is 0 Å². The molecule has 0 saturated carbocycles. The number of carbonyl (C=O) groups excluding carboxylic acids is 2. The molecule has 0 atom stereocenters. The third kappa shape index (κ3) is 3.03. The number of aryl methyl sites for hydroxylation is 1. The Morgan fingerprint density at radius 2 is 1.53 bits per heavy atom. The second kappa shape index (κ2) is 5.55. The normalized spacial score (nSPS) is 10.3. The van der Waals surface area contributed by atoms with E-state index in [1.165, 1.54) is 18.2 Å². The summed E-state index contributed by atoms with van der Waals surface area (Å²) >= 11 is 11.7. The molecule has 4 heteroatoms. The summed E-state index contributed by atoms with van der Waals surface area (Å²) in [5, 5.41) is 0.599. The molecule has 0 saturated heterocycles. The Morgan fingerprint density at radius 3 is 2.11 bits per heavy atom. The molecule has 0 amide bonds. The second-order valence-corrected chi connectivity index (χ2v) is 4.99. The molecule has 19 heavy (non-hydrogen) atoms. The van der Waals surface area contributed by atoms with Crippen molar-refractivity contribution in [3.63, 3.8) is 0 Å². The first-order valence-electron chi connectivity index (χ1n) is 5.60. The van der Waals surface area contributed by atoms with Gasteiger partial charge in [-0.05, 0) is 25.1 Å². The van der Waals surface area contributed by atoms with Crippen LogP contribution in [0.1, 0.15) is 26.3 Å². The van der Waals surface area contributed by atoms with E-state index in [0.717, 1.165) is 5.56 Å². The number of carbonyl (C=O) groups is 2. The minimum Gasteiger partial charge on any atom is -0.285 e. The van der Waals surface area contributed by atoms with E-state index in [-0.39, 0.29) is 10.6 Å². The summed E-state index contributed by atoms with van der Waals surface area (Å²) < 4.78 is 0. The minimum absolute atomic E-state index is 0.164. The van der Waals surface area contributed by atoms with Gasteiger partial charge in [0.05, 0.1) is 5.02 Å². The van der Waals surface area contributed by atoms with E-state index in [4.69, 9.17) is 23.2 Å². The van der Waals surface area contributed by atoms with E-state index >= 15 is 0 Å². The zero-order valence-corrected chi connectivity index (χ0v) is 11.6. The Bertz CT molecular complexity index is 646. The van der Waals surface area contributed by atoms with Crippen LogP contribution in [0.4, 0.5) is 0 Å². The summed E-state index contributed by atoms with van der Waals surface area (Å²) in [5.74, 6) is -1.21. The molecule has 0 aromatic heterocycles.